The summed E-state index contributed by atoms with van der Waals surface area (Å²) in [5, 5.41) is 3.83. The van der Waals surface area contributed by atoms with Crippen LogP contribution in [0.1, 0.15) is 42.0 Å². The molecule has 0 aliphatic heterocycles. The third kappa shape index (κ3) is 5.10. The van der Waals surface area contributed by atoms with E-state index in [1.54, 1.807) is 19.1 Å². The first-order valence-electron chi connectivity index (χ1n) is 11.8. The van der Waals surface area contributed by atoms with E-state index in [0.717, 1.165) is 5.56 Å². The van der Waals surface area contributed by atoms with Crippen LogP contribution in [-0.4, -0.2) is 32.3 Å². The maximum Gasteiger partial charge on any atom is 0.266 e. The van der Waals surface area contributed by atoms with Crippen molar-refractivity contribution in [1.82, 2.24) is 19.5 Å². The second-order valence-electron chi connectivity index (χ2n) is 8.63. The molecule has 0 amide bonds. The second-order valence-corrected chi connectivity index (χ2v) is 8.63. The van der Waals surface area contributed by atoms with Crippen molar-refractivity contribution < 1.29 is 9.18 Å². The van der Waals surface area contributed by atoms with Gasteiger partial charge in [0.2, 0.25) is 5.95 Å². The van der Waals surface area contributed by atoms with Crippen LogP contribution in [0.15, 0.2) is 52.8 Å². The number of carbonyl (C=O) groups is 1. The van der Waals surface area contributed by atoms with Gasteiger partial charge in [-0.3, -0.25) is 14.2 Å². The molecule has 9 nitrogen and oxygen atoms in total. The molecule has 2 heterocycles. The van der Waals surface area contributed by atoms with Crippen molar-refractivity contribution in [1.29, 1.82) is 0 Å². The first-order valence-corrected chi connectivity index (χ1v) is 11.8. The number of halogens is 1. The highest BCUT2D eigenvalue weighted by Gasteiger charge is 2.23. The zero-order valence-corrected chi connectivity index (χ0v) is 20.8. The van der Waals surface area contributed by atoms with Gasteiger partial charge in [0.25, 0.3) is 5.56 Å². The largest absolute Gasteiger partial charge is 0.368 e. The van der Waals surface area contributed by atoms with Crippen LogP contribution < -0.4 is 22.3 Å². The van der Waals surface area contributed by atoms with E-state index in [-0.39, 0.29) is 18.1 Å². The van der Waals surface area contributed by atoms with Gasteiger partial charge in [0, 0.05) is 17.7 Å². The van der Waals surface area contributed by atoms with Gasteiger partial charge in [-0.1, -0.05) is 19.1 Å². The Morgan fingerprint density at radius 1 is 1.14 bits per heavy atom. The first kappa shape index (κ1) is 25.6. The Labute approximate surface area is 213 Å². The number of nitrogens with zero attached hydrogens (tertiary/aromatic N) is 4. The van der Waals surface area contributed by atoms with Crippen LogP contribution >= 0.6 is 0 Å². The normalized spacial score (nSPS) is 12.5. The zero-order valence-electron chi connectivity index (χ0n) is 20.8. The van der Waals surface area contributed by atoms with Crippen LogP contribution in [0.3, 0.4) is 0 Å². The molecule has 37 heavy (non-hydrogen) atoms. The minimum Gasteiger partial charge on any atom is -0.368 e. The monoisotopic (exact) mass is 501 g/mol. The quantitative estimate of drug-likeness (QED) is 0.245. The van der Waals surface area contributed by atoms with Crippen LogP contribution in [0.5, 0.6) is 0 Å². The van der Waals surface area contributed by atoms with Crippen molar-refractivity contribution >= 4 is 35.0 Å². The number of aromatic nitrogens is 4. The van der Waals surface area contributed by atoms with Gasteiger partial charge >= 0.3 is 0 Å². The van der Waals surface area contributed by atoms with Crippen molar-refractivity contribution in [3.63, 3.8) is 0 Å². The molecule has 0 saturated heterocycles. The van der Waals surface area contributed by atoms with E-state index >= 15 is 0 Å². The van der Waals surface area contributed by atoms with Gasteiger partial charge in [0.05, 0.1) is 28.3 Å². The Morgan fingerprint density at radius 2 is 1.86 bits per heavy atom. The molecule has 1 unspecified atom stereocenters. The van der Waals surface area contributed by atoms with Gasteiger partial charge in [0.1, 0.15) is 23.7 Å². The molecule has 0 spiro atoms. The zero-order chi connectivity index (χ0) is 26.7. The van der Waals surface area contributed by atoms with Crippen molar-refractivity contribution in [3.8, 4) is 5.69 Å². The summed E-state index contributed by atoms with van der Waals surface area (Å²) in [5.74, 6) is 0.415. The number of hydrogen-bond donors (Lipinski definition) is 3. The number of aryl methyl sites for hydroxylation is 2. The average Bonchev–Trinajstić information content (AvgIpc) is 2.87. The lowest BCUT2D eigenvalue weighted by atomic mass is 10.1. The molecule has 190 valence electrons. The first-order chi connectivity index (χ1) is 17.8. The minimum absolute atomic E-state index is 0.0413. The number of nitrogens with one attached hydrogen (secondary N) is 1. The topological polar surface area (TPSA) is 142 Å². The van der Waals surface area contributed by atoms with Gasteiger partial charge in [-0.15, -0.1) is 0 Å². The Balaban J connectivity index is 1.95. The molecule has 4 aromatic rings. The Kier molecular flexibility index (Phi) is 7.40. The van der Waals surface area contributed by atoms with Gasteiger partial charge in [0.15, 0.2) is 0 Å². The smallest absolute Gasteiger partial charge is 0.266 e. The van der Waals surface area contributed by atoms with Crippen LogP contribution in [0.4, 0.5) is 16.2 Å². The number of nitrogens with two attached hydrogens (primary N) is 2. The standard InChI is InChI=1S/C27H28FN7O2/c1-4-21(32-24-20(12-17(13-29)14-36)16(3)31-27(30)34-24)25-33-22-7-5-6-15(2)23(22)26(37)35(25)19-10-8-18(28)9-11-19/h5-12,14,21H,4,13,29H2,1-3H3,(H3,30,31,32,34). The molecule has 0 aliphatic rings. The van der Waals surface area contributed by atoms with Crippen LogP contribution in [0, 0.1) is 19.7 Å². The molecule has 1 atom stereocenters. The lowest BCUT2D eigenvalue weighted by Crippen LogP contribution is -2.29. The molecule has 2 aromatic heterocycles. The molecule has 0 saturated carbocycles. The summed E-state index contributed by atoms with van der Waals surface area (Å²) in [7, 11) is 0. The summed E-state index contributed by atoms with van der Waals surface area (Å²) in [6.07, 6.45) is 2.80. The van der Waals surface area contributed by atoms with Crippen LogP contribution in [-0.2, 0) is 4.79 Å². The number of anilines is 2. The molecule has 4 rings (SSSR count). The second kappa shape index (κ2) is 10.7. The number of hydrogen-bond acceptors (Lipinski definition) is 8. The Bertz CT molecular complexity index is 1560. The van der Waals surface area contributed by atoms with Crippen molar-refractivity contribution in [2.45, 2.75) is 33.2 Å². The number of carbonyl (C=O) groups excluding carboxylic acids is 1. The minimum atomic E-state index is -0.513. The SMILES string of the molecule is CCC(Nc1nc(N)nc(C)c1C=C(C=O)CN)c1nc2cccc(C)c2c(=O)n1-c1ccc(F)cc1. The van der Waals surface area contributed by atoms with E-state index in [0.29, 0.717) is 57.8 Å². The number of rotatable bonds is 8. The average molecular weight is 502 g/mol. The fraction of sp³-hybridized carbons (Fsp3) is 0.222. The van der Waals surface area contributed by atoms with Gasteiger partial charge < -0.3 is 16.8 Å². The van der Waals surface area contributed by atoms with Crippen LogP contribution in [0.2, 0.25) is 0 Å². The lowest BCUT2D eigenvalue weighted by Gasteiger charge is -2.23. The number of fused-ring (bicyclic) bond motifs is 1. The van der Waals surface area contributed by atoms with E-state index in [9.17, 15) is 14.0 Å². The van der Waals surface area contributed by atoms with Gasteiger partial charge in [-0.05, 0) is 62.2 Å². The predicted molar refractivity (Wildman–Crippen MR) is 143 cm³/mol. The summed E-state index contributed by atoms with van der Waals surface area (Å²) in [6, 6.07) is 10.6. The number of nitrogen functional groups attached to an aromatic ring is 1. The van der Waals surface area contributed by atoms with E-state index in [1.165, 1.54) is 28.8 Å². The molecule has 2 aromatic carbocycles. The van der Waals surface area contributed by atoms with Crippen LogP contribution in [0.25, 0.3) is 22.7 Å². The highest BCUT2D eigenvalue weighted by atomic mass is 19.1. The fourth-order valence-corrected chi connectivity index (χ4v) is 4.21. The molecule has 10 heteroatoms. The molecule has 0 fully saturated rings. The third-order valence-electron chi connectivity index (χ3n) is 6.12. The van der Waals surface area contributed by atoms with Crippen molar-refractivity contribution in [2.75, 3.05) is 17.6 Å². The van der Waals surface area contributed by atoms with E-state index in [2.05, 4.69) is 15.3 Å². The maximum absolute atomic E-state index is 13.8. The lowest BCUT2D eigenvalue weighted by molar-refractivity contribution is -0.104. The number of benzene rings is 2. The number of aldehydes is 1. The van der Waals surface area contributed by atoms with Crippen molar-refractivity contribution in [3.05, 3.63) is 86.9 Å². The molecule has 0 radical (unpaired) electrons. The Hall–Kier alpha value is -4.44. The summed E-state index contributed by atoms with van der Waals surface area (Å²) in [6.45, 7) is 5.58. The highest BCUT2D eigenvalue weighted by molar-refractivity contribution is 5.85. The van der Waals surface area contributed by atoms with E-state index in [1.807, 2.05) is 26.0 Å². The third-order valence-corrected chi connectivity index (χ3v) is 6.12. The van der Waals surface area contributed by atoms with E-state index < -0.39 is 11.9 Å². The molecular weight excluding hydrogens is 473 g/mol. The summed E-state index contributed by atoms with van der Waals surface area (Å²) >= 11 is 0. The van der Waals surface area contributed by atoms with Crippen molar-refractivity contribution in [2.24, 2.45) is 5.73 Å². The molecule has 0 bridgehead atoms. The van der Waals surface area contributed by atoms with Gasteiger partial charge in [-0.25, -0.2) is 14.4 Å². The van der Waals surface area contributed by atoms with E-state index in [4.69, 9.17) is 16.5 Å². The summed E-state index contributed by atoms with van der Waals surface area (Å²) in [4.78, 5) is 38.7. The highest BCUT2D eigenvalue weighted by Crippen LogP contribution is 2.28. The summed E-state index contributed by atoms with van der Waals surface area (Å²) < 4.78 is 15.2. The van der Waals surface area contributed by atoms with Gasteiger partial charge in [-0.2, -0.15) is 4.98 Å². The molecule has 0 aliphatic carbocycles. The predicted octanol–water partition coefficient (Wildman–Crippen LogP) is 3.62. The fourth-order valence-electron chi connectivity index (χ4n) is 4.21. The molecule has 5 N–H and O–H groups in total. The summed E-state index contributed by atoms with van der Waals surface area (Å²) in [5.41, 5.74) is 14.6. The molecular formula is C27H28FN7O2. The Morgan fingerprint density at radius 3 is 2.51 bits per heavy atom. The maximum atomic E-state index is 13.8.